The van der Waals surface area contributed by atoms with Crippen molar-refractivity contribution in [3.05, 3.63) is 30.3 Å². The molecule has 8 heteroatoms. The first kappa shape index (κ1) is 17.0. The van der Waals surface area contributed by atoms with Gasteiger partial charge in [0, 0.05) is 4.90 Å². The number of methoxy groups -OCH3 is 2. The van der Waals surface area contributed by atoms with Gasteiger partial charge in [0.2, 0.25) is 11.1 Å². The van der Waals surface area contributed by atoms with Gasteiger partial charge in [-0.2, -0.15) is 15.0 Å². The highest BCUT2D eigenvalue weighted by Crippen LogP contribution is 2.26. The van der Waals surface area contributed by atoms with Gasteiger partial charge in [-0.3, -0.25) is 0 Å². The smallest absolute Gasteiger partial charge is 0.330 e. The molecule has 0 atom stereocenters. The maximum Gasteiger partial charge on any atom is 0.330 e. The summed E-state index contributed by atoms with van der Waals surface area (Å²) in [6, 6.07) is 9.87. The maximum absolute atomic E-state index is 11.8. The van der Waals surface area contributed by atoms with Crippen LogP contribution in [0, 0.1) is 0 Å². The lowest BCUT2D eigenvalue weighted by Crippen LogP contribution is -2.41. The Labute approximate surface area is 138 Å². The van der Waals surface area contributed by atoms with E-state index in [4.69, 9.17) is 9.47 Å². The molecule has 1 aromatic carbocycles. The molecule has 0 aliphatic rings. The highest BCUT2D eigenvalue weighted by Gasteiger charge is 2.29. The van der Waals surface area contributed by atoms with Crippen molar-refractivity contribution in [3.8, 4) is 6.01 Å². The predicted octanol–water partition coefficient (Wildman–Crippen LogP) is 2.39. The summed E-state index contributed by atoms with van der Waals surface area (Å²) in [7, 11) is 2.80. The van der Waals surface area contributed by atoms with E-state index in [1.54, 1.807) is 13.8 Å². The van der Waals surface area contributed by atoms with Crippen molar-refractivity contribution in [3.63, 3.8) is 0 Å². The average Bonchev–Trinajstić information content (AvgIpc) is 2.54. The number of nitrogens with zero attached hydrogens (tertiary/aromatic N) is 3. The lowest BCUT2D eigenvalue weighted by molar-refractivity contribution is -0.144. The van der Waals surface area contributed by atoms with Gasteiger partial charge in [-0.25, -0.2) is 4.79 Å². The third-order valence-corrected chi connectivity index (χ3v) is 3.72. The number of ether oxygens (including phenoxy) is 2. The third kappa shape index (κ3) is 4.56. The highest BCUT2D eigenvalue weighted by molar-refractivity contribution is 7.99. The molecular weight excluding hydrogens is 316 g/mol. The van der Waals surface area contributed by atoms with E-state index in [9.17, 15) is 4.79 Å². The van der Waals surface area contributed by atoms with Gasteiger partial charge in [0.25, 0.3) is 0 Å². The van der Waals surface area contributed by atoms with Crippen LogP contribution in [0.1, 0.15) is 13.8 Å². The van der Waals surface area contributed by atoms with Gasteiger partial charge in [-0.15, -0.1) is 0 Å². The van der Waals surface area contributed by atoms with Crippen molar-refractivity contribution < 1.29 is 14.3 Å². The Morgan fingerprint density at radius 1 is 1.13 bits per heavy atom. The zero-order chi connectivity index (χ0) is 16.9. The molecule has 0 bridgehead atoms. The van der Waals surface area contributed by atoms with Crippen LogP contribution in [0.5, 0.6) is 6.01 Å². The number of carbonyl (C=O) groups is 1. The van der Waals surface area contributed by atoms with Gasteiger partial charge in [0.15, 0.2) is 0 Å². The maximum atomic E-state index is 11.8. The normalized spacial score (nSPS) is 11.0. The molecule has 122 valence electrons. The van der Waals surface area contributed by atoms with Crippen molar-refractivity contribution in [2.75, 3.05) is 19.5 Å². The molecule has 0 saturated heterocycles. The summed E-state index contributed by atoms with van der Waals surface area (Å²) in [4.78, 5) is 25.4. The van der Waals surface area contributed by atoms with E-state index >= 15 is 0 Å². The third-order valence-electron chi connectivity index (χ3n) is 2.85. The minimum Gasteiger partial charge on any atom is -0.467 e. The second-order valence-corrected chi connectivity index (χ2v) is 6.13. The standard InChI is InChI=1S/C15H18N4O3S/c1-15(2,11(20)21-3)19-12-16-13(22-4)18-14(17-12)23-10-8-6-5-7-9-10/h5-9H,1-4H3,(H,16,17,18,19). The molecule has 0 fully saturated rings. The van der Waals surface area contributed by atoms with Crippen LogP contribution < -0.4 is 10.1 Å². The molecule has 0 amide bonds. The number of hydrogen-bond acceptors (Lipinski definition) is 8. The number of hydrogen-bond donors (Lipinski definition) is 1. The summed E-state index contributed by atoms with van der Waals surface area (Å²) in [5, 5.41) is 3.40. The molecule has 0 aliphatic heterocycles. The lowest BCUT2D eigenvalue weighted by Gasteiger charge is -2.23. The SMILES string of the molecule is COC(=O)C(C)(C)Nc1nc(OC)nc(Sc2ccccc2)n1. The van der Waals surface area contributed by atoms with Gasteiger partial charge in [-0.05, 0) is 37.7 Å². The number of carbonyl (C=O) groups excluding carboxylic acids is 1. The van der Waals surface area contributed by atoms with E-state index in [1.165, 1.54) is 26.0 Å². The van der Waals surface area contributed by atoms with E-state index in [-0.39, 0.29) is 12.0 Å². The van der Waals surface area contributed by atoms with E-state index in [2.05, 4.69) is 20.3 Å². The van der Waals surface area contributed by atoms with Crippen molar-refractivity contribution in [1.29, 1.82) is 0 Å². The van der Waals surface area contributed by atoms with Gasteiger partial charge >= 0.3 is 12.0 Å². The Kier molecular flexibility index (Phi) is 5.38. The molecule has 1 aromatic heterocycles. The Hall–Kier alpha value is -2.35. The molecule has 0 radical (unpaired) electrons. The van der Waals surface area contributed by atoms with Crippen molar-refractivity contribution in [2.24, 2.45) is 0 Å². The summed E-state index contributed by atoms with van der Waals surface area (Å²) in [6.45, 7) is 3.36. The van der Waals surface area contributed by atoms with Crippen LogP contribution in [-0.2, 0) is 9.53 Å². The number of aromatic nitrogens is 3. The molecular formula is C15H18N4O3S. The first-order valence-corrected chi connectivity index (χ1v) is 7.66. The van der Waals surface area contributed by atoms with Crippen LogP contribution in [0.3, 0.4) is 0 Å². The molecule has 0 spiro atoms. The number of anilines is 1. The van der Waals surface area contributed by atoms with E-state index in [0.29, 0.717) is 5.16 Å². The number of rotatable bonds is 6. The number of esters is 1. The first-order valence-electron chi connectivity index (χ1n) is 6.84. The molecule has 0 saturated carbocycles. The number of nitrogens with one attached hydrogen (secondary N) is 1. The summed E-state index contributed by atoms with van der Waals surface area (Å²) >= 11 is 1.37. The van der Waals surface area contributed by atoms with Crippen LogP contribution in [0.2, 0.25) is 0 Å². The summed E-state index contributed by atoms with van der Waals surface area (Å²) in [5.74, 6) is -0.181. The van der Waals surface area contributed by atoms with Crippen LogP contribution >= 0.6 is 11.8 Å². The Bertz CT molecular complexity index is 680. The monoisotopic (exact) mass is 334 g/mol. The van der Waals surface area contributed by atoms with Gasteiger partial charge < -0.3 is 14.8 Å². The molecule has 2 aromatic rings. The van der Waals surface area contributed by atoms with Crippen LogP contribution in [0.15, 0.2) is 40.4 Å². The summed E-state index contributed by atoms with van der Waals surface area (Å²) in [6.07, 6.45) is 0. The van der Waals surface area contributed by atoms with E-state index in [0.717, 1.165) is 4.90 Å². The topological polar surface area (TPSA) is 86.2 Å². The zero-order valence-corrected chi connectivity index (χ0v) is 14.2. The Morgan fingerprint density at radius 3 is 2.43 bits per heavy atom. The molecule has 0 aliphatic carbocycles. The van der Waals surface area contributed by atoms with Crippen molar-refractivity contribution >= 4 is 23.7 Å². The summed E-state index contributed by atoms with van der Waals surface area (Å²) in [5.41, 5.74) is -0.976. The largest absolute Gasteiger partial charge is 0.467 e. The molecule has 1 N–H and O–H groups in total. The van der Waals surface area contributed by atoms with E-state index in [1.807, 2.05) is 30.3 Å². The Morgan fingerprint density at radius 2 is 1.83 bits per heavy atom. The fraction of sp³-hybridized carbons (Fsp3) is 0.333. The van der Waals surface area contributed by atoms with Crippen LogP contribution in [-0.4, -0.2) is 40.7 Å². The first-order chi connectivity index (χ1) is 10.9. The molecule has 2 rings (SSSR count). The molecule has 23 heavy (non-hydrogen) atoms. The molecule has 1 heterocycles. The predicted molar refractivity (Wildman–Crippen MR) is 86.7 cm³/mol. The van der Waals surface area contributed by atoms with Gasteiger partial charge in [-0.1, -0.05) is 18.2 Å². The van der Waals surface area contributed by atoms with Crippen molar-refractivity contribution in [1.82, 2.24) is 15.0 Å². The minimum absolute atomic E-state index is 0.168. The fourth-order valence-electron chi connectivity index (χ4n) is 1.71. The van der Waals surface area contributed by atoms with Crippen LogP contribution in [0.25, 0.3) is 0 Å². The Balaban J connectivity index is 2.27. The van der Waals surface area contributed by atoms with Gasteiger partial charge in [0.05, 0.1) is 14.2 Å². The molecule has 7 nitrogen and oxygen atoms in total. The lowest BCUT2D eigenvalue weighted by atomic mass is 10.1. The zero-order valence-electron chi connectivity index (χ0n) is 13.4. The second kappa shape index (κ2) is 7.28. The van der Waals surface area contributed by atoms with E-state index < -0.39 is 11.5 Å². The quantitative estimate of drug-likeness (QED) is 0.806. The van der Waals surface area contributed by atoms with Crippen molar-refractivity contribution in [2.45, 2.75) is 29.4 Å². The number of benzene rings is 1. The fourth-order valence-corrected chi connectivity index (χ4v) is 2.47. The minimum atomic E-state index is -0.976. The average molecular weight is 334 g/mol. The molecule has 0 unspecified atom stereocenters. The van der Waals surface area contributed by atoms with Crippen LogP contribution in [0.4, 0.5) is 5.95 Å². The second-order valence-electron chi connectivity index (χ2n) is 5.08. The highest BCUT2D eigenvalue weighted by atomic mass is 32.2. The van der Waals surface area contributed by atoms with Gasteiger partial charge in [0.1, 0.15) is 5.54 Å². The summed E-state index contributed by atoms with van der Waals surface area (Å²) < 4.78 is 9.86.